The average Bonchev–Trinajstić information content (AvgIpc) is 2.42. The third-order valence-electron chi connectivity index (χ3n) is 2.44. The van der Waals surface area contributed by atoms with Gasteiger partial charge in [-0.3, -0.25) is 5.43 Å². The summed E-state index contributed by atoms with van der Waals surface area (Å²) in [6.45, 7) is 0. The van der Waals surface area contributed by atoms with E-state index in [-0.39, 0.29) is 11.5 Å². The summed E-state index contributed by atoms with van der Waals surface area (Å²) in [5.41, 5.74) is 3.26. The van der Waals surface area contributed by atoms with E-state index < -0.39 is 5.97 Å². The molecule has 0 aliphatic rings. The van der Waals surface area contributed by atoms with Gasteiger partial charge in [-0.15, -0.1) is 0 Å². The molecule has 0 aliphatic carbocycles. The Morgan fingerprint density at radius 3 is 2.26 bits per heavy atom. The lowest BCUT2D eigenvalue weighted by atomic mass is 10.1. The SMILES string of the molecule is O=C(O)C(=NNc1ccccc1O)c1ccccc1. The van der Waals surface area contributed by atoms with Gasteiger partial charge >= 0.3 is 5.97 Å². The van der Waals surface area contributed by atoms with Crippen molar-refractivity contribution in [3.05, 3.63) is 60.2 Å². The molecular weight excluding hydrogens is 244 g/mol. The van der Waals surface area contributed by atoms with Crippen molar-refractivity contribution in [3.63, 3.8) is 0 Å². The van der Waals surface area contributed by atoms with Gasteiger partial charge in [-0.05, 0) is 12.1 Å². The van der Waals surface area contributed by atoms with Crippen LogP contribution < -0.4 is 5.43 Å². The Morgan fingerprint density at radius 1 is 1.00 bits per heavy atom. The Kier molecular flexibility index (Phi) is 3.78. The predicted molar refractivity (Wildman–Crippen MR) is 72.3 cm³/mol. The van der Waals surface area contributed by atoms with Gasteiger partial charge in [-0.25, -0.2) is 4.79 Å². The van der Waals surface area contributed by atoms with Crippen molar-refractivity contribution in [2.75, 3.05) is 5.43 Å². The summed E-state index contributed by atoms with van der Waals surface area (Å²) in [6.07, 6.45) is 0. The standard InChI is InChI=1S/C14H12N2O3/c17-12-9-5-4-8-11(12)15-16-13(14(18)19)10-6-2-1-3-7-10/h1-9,15,17H,(H,18,19). The minimum Gasteiger partial charge on any atom is -0.506 e. The van der Waals surface area contributed by atoms with Crippen molar-refractivity contribution in [2.24, 2.45) is 5.10 Å². The van der Waals surface area contributed by atoms with Crippen LogP contribution in [-0.2, 0) is 4.79 Å². The largest absolute Gasteiger partial charge is 0.506 e. The number of phenols is 1. The fraction of sp³-hybridized carbons (Fsp3) is 0. The minimum absolute atomic E-state index is 0.00375. The Labute approximate surface area is 109 Å². The first-order chi connectivity index (χ1) is 9.18. The summed E-state index contributed by atoms with van der Waals surface area (Å²) in [5.74, 6) is -1.14. The van der Waals surface area contributed by atoms with Crippen LogP contribution in [0.25, 0.3) is 0 Å². The molecule has 0 unspecified atom stereocenters. The van der Waals surface area contributed by atoms with Gasteiger partial charge in [0, 0.05) is 5.56 Å². The molecule has 2 rings (SSSR count). The Hall–Kier alpha value is -2.82. The van der Waals surface area contributed by atoms with Crippen LogP contribution in [0.1, 0.15) is 5.56 Å². The van der Waals surface area contributed by atoms with E-state index in [1.165, 1.54) is 6.07 Å². The Morgan fingerprint density at radius 2 is 1.63 bits per heavy atom. The zero-order chi connectivity index (χ0) is 13.7. The van der Waals surface area contributed by atoms with Gasteiger partial charge in [-0.2, -0.15) is 5.10 Å². The fourth-order valence-electron chi connectivity index (χ4n) is 1.52. The van der Waals surface area contributed by atoms with E-state index in [0.29, 0.717) is 11.3 Å². The van der Waals surface area contributed by atoms with Crippen LogP contribution in [0.3, 0.4) is 0 Å². The average molecular weight is 256 g/mol. The molecule has 96 valence electrons. The van der Waals surface area contributed by atoms with Crippen LogP contribution >= 0.6 is 0 Å². The second kappa shape index (κ2) is 5.68. The number of benzene rings is 2. The summed E-state index contributed by atoms with van der Waals surface area (Å²) in [5, 5.41) is 22.5. The summed E-state index contributed by atoms with van der Waals surface area (Å²) >= 11 is 0. The zero-order valence-corrected chi connectivity index (χ0v) is 9.95. The fourth-order valence-corrected chi connectivity index (χ4v) is 1.52. The van der Waals surface area contributed by atoms with Crippen molar-refractivity contribution in [1.82, 2.24) is 0 Å². The molecule has 0 amide bonds. The summed E-state index contributed by atoms with van der Waals surface area (Å²) in [4.78, 5) is 11.2. The van der Waals surface area contributed by atoms with Gasteiger partial charge in [-0.1, -0.05) is 42.5 Å². The van der Waals surface area contributed by atoms with Crippen molar-refractivity contribution in [3.8, 4) is 5.75 Å². The monoisotopic (exact) mass is 256 g/mol. The van der Waals surface area contributed by atoms with Crippen LogP contribution in [0.2, 0.25) is 0 Å². The Balaban J connectivity index is 2.29. The normalized spacial score (nSPS) is 11.1. The number of carboxylic acid groups (broad SMARTS) is 1. The molecule has 0 spiro atoms. The van der Waals surface area contributed by atoms with Gasteiger partial charge < -0.3 is 10.2 Å². The number of anilines is 1. The van der Waals surface area contributed by atoms with Gasteiger partial charge in [0.1, 0.15) is 5.75 Å². The number of aromatic hydroxyl groups is 1. The molecule has 0 fully saturated rings. The van der Waals surface area contributed by atoms with E-state index in [2.05, 4.69) is 10.5 Å². The number of hydrogen-bond acceptors (Lipinski definition) is 4. The van der Waals surface area contributed by atoms with Crippen LogP contribution in [0.15, 0.2) is 59.7 Å². The highest BCUT2D eigenvalue weighted by Gasteiger charge is 2.12. The molecule has 0 saturated carbocycles. The summed E-state index contributed by atoms with van der Waals surface area (Å²) < 4.78 is 0. The van der Waals surface area contributed by atoms with E-state index in [0.717, 1.165) is 0 Å². The summed E-state index contributed by atoms with van der Waals surface area (Å²) in [7, 11) is 0. The van der Waals surface area contributed by atoms with E-state index in [9.17, 15) is 9.90 Å². The molecule has 0 atom stereocenters. The number of para-hydroxylation sites is 2. The van der Waals surface area contributed by atoms with Gasteiger partial charge in [0.25, 0.3) is 0 Å². The van der Waals surface area contributed by atoms with Crippen molar-refractivity contribution in [1.29, 1.82) is 0 Å². The maximum absolute atomic E-state index is 11.2. The van der Waals surface area contributed by atoms with E-state index in [4.69, 9.17) is 5.11 Å². The number of carboxylic acids is 1. The van der Waals surface area contributed by atoms with Crippen LogP contribution in [-0.4, -0.2) is 21.9 Å². The number of carbonyl (C=O) groups is 1. The number of nitrogens with zero attached hydrogens (tertiary/aromatic N) is 1. The van der Waals surface area contributed by atoms with Gasteiger partial charge in [0.05, 0.1) is 5.69 Å². The van der Waals surface area contributed by atoms with Gasteiger partial charge in [0.2, 0.25) is 0 Å². The highest BCUT2D eigenvalue weighted by Crippen LogP contribution is 2.21. The van der Waals surface area contributed by atoms with E-state index in [1.807, 2.05) is 0 Å². The van der Waals surface area contributed by atoms with Crippen LogP contribution in [0.5, 0.6) is 5.75 Å². The quantitative estimate of drug-likeness (QED) is 0.445. The number of phenolic OH excluding ortho intramolecular Hbond substituents is 1. The van der Waals surface area contributed by atoms with Crippen molar-refractivity contribution in [2.45, 2.75) is 0 Å². The summed E-state index contributed by atoms with van der Waals surface area (Å²) in [6, 6.07) is 15.0. The first-order valence-electron chi connectivity index (χ1n) is 5.59. The number of rotatable bonds is 4. The highest BCUT2D eigenvalue weighted by atomic mass is 16.4. The van der Waals surface area contributed by atoms with Gasteiger partial charge in [0.15, 0.2) is 5.71 Å². The molecule has 0 radical (unpaired) electrons. The molecule has 0 heterocycles. The molecule has 19 heavy (non-hydrogen) atoms. The predicted octanol–water partition coefficient (Wildman–Crippen LogP) is 2.29. The zero-order valence-electron chi connectivity index (χ0n) is 9.95. The second-order valence-electron chi connectivity index (χ2n) is 3.76. The molecule has 0 aliphatic heterocycles. The number of nitrogens with one attached hydrogen (secondary N) is 1. The first-order valence-corrected chi connectivity index (χ1v) is 5.59. The highest BCUT2D eigenvalue weighted by molar-refractivity contribution is 6.42. The first kappa shape index (κ1) is 12.6. The molecule has 5 nitrogen and oxygen atoms in total. The lowest BCUT2D eigenvalue weighted by Gasteiger charge is -2.05. The van der Waals surface area contributed by atoms with E-state index >= 15 is 0 Å². The maximum atomic E-state index is 11.2. The maximum Gasteiger partial charge on any atom is 0.356 e. The molecule has 5 heteroatoms. The number of hydrogen-bond donors (Lipinski definition) is 3. The molecule has 3 N–H and O–H groups in total. The van der Waals surface area contributed by atoms with Crippen molar-refractivity contribution < 1.29 is 15.0 Å². The minimum atomic E-state index is -1.14. The van der Waals surface area contributed by atoms with Crippen LogP contribution in [0.4, 0.5) is 5.69 Å². The number of aliphatic carboxylic acids is 1. The molecule has 0 aromatic heterocycles. The lowest BCUT2D eigenvalue weighted by Crippen LogP contribution is -2.16. The molecule has 2 aromatic carbocycles. The number of hydrazone groups is 1. The topological polar surface area (TPSA) is 81.9 Å². The van der Waals surface area contributed by atoms with Crippen molar-refractivity contribution >= 4 is 17.4 Å². The Bertz CT molecular complexity index is 609. The molecule has 2 aromatic rings. The van der Waals surface area contributed by atoms with Crippen LogP contribution in [0, 0.1) is 0 Å². The van der Waals surface area contributed by atoms with E-state index in [1.54, 1.807) is 48.5 Å². The smallest absolute Gasteiger partial charge is 0.356 e. The third-order valence-corrected chi connectivity index (χ3v) is 2.44. The third kappa shape index (κ3) is 3.10. The molecular formula is C14H12N2O3. The molecule has 0 saturated heterocycles. The lowest BCUT2D eigenvalue weighted by molar-refractivity contribution is -0.129. The molecule has 0 bridgehead atoms. The second-order valence-corrected chi connectivity index (χ2v) is 3.76.